The Morgan fingerprint density at radius 1 is 1.08 bits per heavy atom. The fraction of sp³-hybridized carbons (Fsp3) is 0.263. The van der Waals surface area contributed by atoms with Gasteiger partial charge in [-0.15, -0.1) is 0 Å². The third-order valence-corrected chi connectivity index (χ3v) is 3.82. The number of urea groups is 1. The minimum absolute atomic E-state index is 0.204. The zero-order valence-electron chi connectivity index (χ0n) is 14.9. The van der Waals surface area contributed by atoms with E-state index < -0.39 is 11.9 Å². The van der Waals surface area contributed by atoms with E-state index in [1.165, 1.54) is 0 Å². The van der Waals surface area contributed by atoms with E-state index in [9.17, 15) is 9.59 Å². The summed E-state index contributed by atoms with van der Waals surface area (Å²) in [5.74, 6) is 0.477. The molecule has 0 heterocycles. The van der Waals surface area contributed by atoms with E-state index in [1.807, 2.05) is 25.1 Å². The molecule has 2 aromatic carbocycles. The summed E-state index contributed by atoms with van der Waals surface area (Å²) in [5, 5.41) is 3.13. The molecular weight excluding hydrogens is 354 g/mol. The van der Waals surface area contributed by atoms with Crippen LogP contribution in [0.5, 0.6) is 5.75 Å². The monoisotopic (exact) mass is 375 g/mol. The molecule has 2 rings (SSSR count). The molecule has 0 fully saturated rings. The SMILES string of the molecule is Cc1ccc(C(C)C)c(OCC(=O)NNC(=O)Nc2ccc(Cl)cc2)c1. The van der Waals surface area contributed by atoms with Gasteiger partial charge < -0.3 is 10.1 Å². The molecule has 0 bridgehead atoms. The molecule has 0 aromatic heterocycles. The number of carbonyl (C=O) groups is 2. The van der Waals surface area contributed by atoms with Gasteiger partial charge in [0, 0.05) is 10.7 Å². The van der Waals surface area contributed by atoms with Crippen molar-refractivity contribution < 1.29 is 14.3 Å². The van der Waals surface area contributed by atoms with E-state index in [1.54, 1.807) is 24.3 Å². The Morgan fingerprint density at radius 3 is 2.42 bits per heavy atom. The zero-order valence-corrected chi connectivity index (χ0v) is 15.7. The van der Waals surface area contributed by atoms with E-state index >= 15 is 0 Å². The van der Waals surface area contributed by atoms with E-state index in [4.69, 9.17) is 16.3 Å². The first kappa shape index (κ1) is 19.6. The Labute approximate surface area is 157 Å². The minimum Gasteiger partial charge on any atom is -0.483 e. The van der Waals surface area contributed by atoms with Crippen molar-refractivity contribution in [3.05, 3.63) is 58.6 Å². The maximum atomic E-state index is 11.9. The molecule has 3 amide bonds. The van der Waals surface area contributed by atoms with Crippen LogP contribution in [0.1, 0.15) is 30.9 Å². The van der Waals surface area contributed by atoms with Crippen LogP contribution in [0.2, 0.25) is 5.02 Å². The summed E-state index contributed by atoms with van der Waals surface area (Å²) in [6.07, 6.45) is 0. The lowest BCUT2D eigenvalue weighted by atomic mass is 10.0. The largest absolute Gasteiger partial charge is 0.483 e. The zero-order chi connectivity index (χ0) is 19.1. The maximum absolute atomic E-state index is 11.9. The van der Waals surface area contributed by atoms with Gasteiger partial charge >= 0.3 is 6.03 Å². The first-order valence-corrected chi connectivity index (χ1v) is 8.57. The van der Waals surface area contributed by atoms with Crippen LogP contribution in [-0.2, 0) is 4.79 Å². The highest BCUT2D eigenvalue weighted by molar-refractivity contribution is 6.30. The smallest absolute Gasteiger partial charge is 0.337 e. The molecule has 0 aliphatic heterocycles. The molecule has 0 aliphatic carbocycles. The average molecular weight is 376 g/mol. The number of hydrogen-bond acceptors (Lipinski definition) is 3. The van der Waals surface area contributed by atoms with Crippen molar-refractivity contribution in [1.29, 1.82) is 0 Å². The normalized spacial score (nSPS) is 10.3. The molecule has 0 spiro atoms. The van der Waals surface area contributed by atoms with Crippen LogP contribution in [-0.4, -0.2) is 18.5 Å². The number of hydrogen-bond donors (Lipinski definition) is 3. The van der Waals surface area contributed by atoms with Crippen LogP contribution in [0.4, 0.5) is 10.5 Å². The molecule has 7 heteroatoms. The van der Waals surface area contributed by atoms with Crippen LogP contribution in [0.3, 0.4) is 0 Å². The number of anilines is 1. The van der Waals surface area contributed by atoms with Crippen LogP contribution in [0.15, 0.2) is 42.5 Å². The summed E-state index contributed by atoms with van der Waals surface area (Å²) in [4.78, 5) is 23.6. The lowest BCUT2D eigenvalue weighted by Gasteiger charge is -2.15. The second kappa shape index (κ2) is 9.10. The molecule has 0 atom stereocenters. The predicted molar refractivity (Wildman–Crippen MR) is 103 cm³/mol. The molecule has 6 nitrogen and oxygen atoms in total. The highest BCUT2D eigenvalue weighted by Crippen LogP contribution is 2.27. The number of carbonyl (C=O) groups excluding carboxylic acids is 2. The van der Waals surface area contributed by atoms with Crippen LogP contribution in [0.25, 0.3) is 0 Å². The van der Waals surface area contributed by atoms with Crippen molar-refractivity contribution in [1.82, 2.24) is 10.9 Å². The predicted octanol–water partition coefficient (Wildman–Crippen LogP) is 4.00. The second-order valence-corrected chi connectivity index (χ2v) is 6.56. The first-order chi connectivity index (χ1) is 12.3. The summed E-state index contributed by atoms with van der Waals surface area (Å²) < 4.78 is 5.61. The number of nitrogens with one attached hydrogen (secondary N) is 3. The van der Waals surface area contributed by atoms with E-state index in [0.29, 0.717) is 16.5 Å². The molecule has 26 heavy (non-hydrogen) atoms. The van der Waals surface area contributed by atoms with E-state index in [2.05, 4.69) is 30.0 Å². The Balaban J connectivity index is 1.81. The molecule has 2 aromatic rings. The van der Waals surface area contributed by atoms with Gasteiger partial charge in [-0.25, -0.2) is 10.2 Å². The molecule has 0 saturated carbocycles. The third-order valence-electron chi connectivity index (χ3n) is 3.57. The van der Waals surface area contributed by atoms with Gasteiger partial charge in [-0.1, -0.05) is 37.6 Å². The summed E-state index contributed by atoms with van der Waals surface area (Å²) in [6, 6.07) is 11.9. The molecule has 0 unspecified atom stereocenters. The van der Waals surface area contributed by atoms with Crippen molar-refractivity contribution >= 4 is 29.2 Å². The summed E-state index contributed by atoms with van der Waals surface area (Å²) in [7, 11) is 0. The van der Waals surface area contributed by atoms with E-state index in [0.717, 1.165) is 11.1 Å². The van der Waals surface area contributed by atoms with Crippen molar-refractivity contribution in [3.63, 3.8) is 0 Å². The molecule has 0 aliphatic rings. The molecule has 0 radical (unpaired) electrons. The third kappa shape index (κ3) is 5.97. The summed E-state index contributed by atoms with van der Waals surface area (Å²) in [5.41, 5.74) is 7.19. The van der Waals surface area contributed by atoms with Crippen molar-refractivity contribution in [2.24, 2.45) is 0 Å². The lowest BCUT2D eigenvalue weighted by molar-refractivity contribution is -0.123. The van der Waals surface area contributed by atoms with Crippen LogP contribution < -0.4 is 20.9 Å². The van der Waals surface area contributed by atoms with Gasteiger partial charge in [-0.3, -0.25) is 10.2 Å². The fourth-order valence-corrected chi connectivity index (χ4v) is 2.37. The number of rotatable bonds is 5. The standard InChI is InChI=1S/C19H22ClN3O3/c1-12(2)16-9-4-13(3)10-17(16)26-11-18(24)22-23-19(25)21-15-7-5-14(20)6-8-15/h4-10,12H,11H2,1-3H3,(H,22,24)(H2,21,23,25). The van der Waals surface area contributed by atoms with Gasteiger partial charge in [0.25, 0.3) is 5.91 Å². The van der Waals surface area contributed by atoms with E-state index in [-0.39, 0.29) is 12.5 Å². The van der Waals surface area contributed by atoms with Crippen molar-refractivity contribution in [2.45, 2.75) is 26.7 Å². The van der Waals surface area contributed by atoms with Gasteiger partial charge in [-0.05, 0) is 54.3 Å². The number of ether oxygens (including phenoxy) is 1. The van der Waals surface area contributed by atoms with Crippen LogP contribution >= 0.6 is 11.6 Å². The average Bonchev–Trinajstić information content (AvgIpc) is 2.60. The highest BCUT2D eigenvalue weighted by atomic mass is 35.5. The summed E-state index contributed by atoms with van der Waals surface area (Å²) in [6.45, 7) is 5.87. The quantitative estimate of drug-likeness (QED) is 0.691. The van der Waals surface area contributed by atoms with Crippen molar-refractivity contribution in [3.8, 4) is 5.75 Å². The number of aryl methyl sites for hydroxylation is 1. The number of halogens is 1. The van der Waals surface area contributed by atoms with Crippen molar-refractivity contribution in [2.75, 3.05) is 11.9 Å². The van der Waals surface area contributed by atoms with Gasteiger partial charge in [0.2, 0.25) is 0 Å². The van der Waals surface area contributed by atoms with Gasteiger partial charge in [0.15, 0.2) is 6.61 Å². The highest BCUT2D eigenvalue weighted by Gasteiger charge is 2.11. The Hall–Kier alpha value is -2.73. The summed E-state index contributed by atoms with van der Waals surface area (Å²) >= 11 is 5.78. The van der Waals surface area contributed by atoms with Gasteiger partial charge in [0.05, 0.1) is 0 Å². The molecule has 138 valence electrons. The molecular formula is C19H22ClN3O3. The first-order valence-electron chi connectivity index (χ1n) is 8.20. The Morgan fingerprint density at radius 2 is 1.77 bits per heavy atom. The fourth-order valence-electron chi connectivity index (χ4n) is 2.24. The Bertz CT molecular complexity index is 776. The number of amides is 3. The maximum Gasteiger partial charge on any atom is 0.337 e. The van der Waals surface area contributed by atoms with Crippen LogP contribution in [0, 0.1) is 6.92 Å². The van der Waals surface area contributed by atoms with Gasteiger partial charge in [-0.2, -0.15) is 0 Å². The minimum atomic E-state index is -0.570. The van der Waals surface area contributed by atoms with Gasteiger partial charge in [0.1, 0.15) is 5.75 Å². The topological polar surface area (TPSA) is 79.5 Å². The molecule has 3 N–H and O–H groups in total. The number of benzene rings is 2. The number of hydrazine groups is 1. The lowest BCUT2D eigenvalue weighted by Crippen LogP contribution is -2.45. The second-order valence-electron chi connectivity index (χ2n) is 6.12. The Kier molecular flexibility index (Phi) is 6.86. The molecule has 0 saturated heterocycles.